The number of carbonyl (C=O) groups excluding carboxylic acids is 1. The number of likely N-dealkylation sites (tertiary alicyclic amines) is 1. The van der Waals surface area contributed by atoms with E-state index in [1.807, 2.05) is 0 Å². The Morgan fingerprint density at radius 3 is 2.37 bits per heavy atom. The van der Waals surface area contributed by atoms with Crippen molar-refractivity contribution in [3.8, 4) is 0 Å². The fraction of sp³-hybridized carbons (Fsp3) is 0.857. The number of nitrogens with one attached hydrogen (secondary N) is 1. The molecule has 1 aliphatic carbocycles. The maximum atomic E-state index is 12.2. The van der Waals surface area contributed by atoms with Gasteiger partial charge in [0.1, 0.15) is 0 Å². The summed E-state index contributed by atoms with van der Waals surface area (Å²) in [6.07, 6.45) is 4.16. The number of rotatable bonds is 4. The van der Waals surface area contributed by atoms with E-state index in [2.05, 4.69) is 17.1 Å². The zero-order valence-corrected chi connectivity index (χ0v) is 11.6. The van der Waals surface area contributed by atoms with Crippen LogP contribution in [0.2, 0.25) is 0 Å². The van der Waals surface area contributed by atoms with Crippen LogP contribution in [0, 0.1) is 11.8 Å². The first-order chi connectivity index (χ1) is 9.11. The average Bonchev–Trinajstić information content (AvgIpc) is 2.89. The van der Waals surface area contributed by atoms with Crippen molar-refractivity contribution in [1.82, 2.24) is 10.2 Å². The van der Waals surface area contributed by atoms with Gasteiger partial charge >= 0.3 is 5.97 Å². The van der Waals surface area contributed by atoms with E-state index in [9.17, 15) is 9.59 Å². The summed E-state index contributed by atoms with van der Waals surface area (Å²) in [6.45, 7) is 5.25. The van der Waals surface area contributed by atoms with Crippen molar-refractivity contribution < 1.29 is 14.7 Å². The van der Waals surface area contributed by atoms with Gasteiger partial charge in [-0.1, -0.05) is 13.3 Å². The van der Waals surface area contributed by atoms with Crippen LogP contribution >= 0.6 is 0 Å². The van der Waals surface area contributed by atoms with Gasteiger partial charge in [0.2, 0.25) is 5.91 Å². The molecule has 0 aromatic rings. The van der Waals surface area contributed by atoms with E-state index in [0.29, 0.717) is 6.42 Å². The first kappa shape index (κ1) is 14.3. The highest BCUT2D eigenvalue weighted by Gasteiger charge is 2.38. The molecule has 0 aromatic carbocycles. The van der Waals surface area contributed by atoms with Gasteiger partial charge in [-0.2, -0.15) is 0 Å². The highest BCUT2D eigenvalue weighted by Crippen LogP contribution is 2.32. The molecule has 1 heterocycles. The number of hydrogen-bond acceptors (Lipinski definition) is 3. The largest absolute Gasteiger partial charge is 0.481 e. The van der Waals surface area contributed by atoms with Crippen molar-refractivity contribution in [2.75, 3.05) is 19.6 Å². The lowest BCUT2D eigenvalue weighted by molar-refractivity contribution is -0.146. The van der Waals surface area contributed by atoms with E-state index in [1.54, 1.807) is 0 Å². The Bertz CT molecular complexity index is 338. The summed E-state index contributed by atoms with van der Waals surface area (Å²) in [6, 6.07) is 0.227. The topological polar surface area (TPSA) is 69.6 Å². The van der Waals surface area contributed by atoms with Gasteiger partial charge in [0.15, 0.2) is 0 Å². The molecule has 1 saturated heterocycles. The Kier molecular flexibility index (Phi) is 4.80. The number of nitrogens with zero attached hydrogens (tertiary/aromatic N) is 1. The molecule has 2 atom stereocenters. The molecule has 0 aromatic heterocycles. The second-order valence-corrected chi connectivity index (χ2v) is 5.70. The predicted molar refractivity (Wildman–Crippen MR) is 71.7 cm³/mol. The second-order valence-electron chi connectivity index (χ2n) is 5.70. The van der Waals surface area contributed by atoms with Crippen molar-refractivity contribution in [3.63, 3.8) is 0 Å². The van der Waals surface area contributed by atoms with Crippen LogP contribution in [0.1, 0.15) is 39.0 Å². The molecule has 1 amide bonds. The summed E-state index contributed by atoms with van der Waals surface area (Å²) >= 11 is 0. The molecule has 2 fully saturated rings. The number of piperidine rings is 1. The lowest BCUT2D eigenvalue weighted by atomic mass is 9.94. The number of amides is 1. The van der Waals surface area contributed by atoms with Crippen molar-refractivity contribution in [2.45, 2.75) is 45.1 Å². The molecule has 5 nitrogen and oxygen atoms in total. The highest BCUT2D eigenvalue weighted by molar-refractivity contribution is 5.85. The van der Waals surface area contributed by atoms with Gasteiger partial charge in [-0.05, 0) is 32.2 Å². The lowest BCUT2D eigenvalue weighted by Crippen LogP contribution is -2.47. The quantitative estimate of drug-likeness (QED) is 0.800. The Balaban J connectivity index is 1.82. The average molecular weight is 268 g/mol. The van der Waals surface area contributed by atoms with Gasteiger partial charge < -0.3 is 15.3 Å². The maximum absolute atomic E-state index is 12.2. The van der Waals surface area contributed by atoms with E-state index in [0.717, 1.165) is 45.3 Å². The minimum atomic E-state index is -0.821. The molecular formula is C14H24N2O3. The molecule has 1 saturated carbocycles. The monoisotopic (exact) mass is 268 g/mol. The zero-order chi connectivity index (χ0) is 13.8. The molecule has 2 unspecified atom stereocenters. The predicted octanol–water partition coefficient (Wildman–Crippen LogP) is 1.09. The van der Waals surface area contributed by atoms with Crippen molar-refractivity contribution in [1.29, 1.82) is 0 Å². The Labute approximate surface area is 114 Å². The minimum Gasteiger partial charge on any atom is -0.481 e. The molecular weight excluding hydrogens is 244 g/mol. The number of carbonyl (C=O) groups is 2. The maximum Gasteiger partial charge on any atom is 0.307 e. The lowest BCUT2D eigenvalue weighted by Gasteiger charge is -2.32. The van der Waals surface area contributed by atoms with Crippen LogP contribution in [0.25, 0.3) is 0 Å². The fourth-order valence-corrected chi connectivity index (χ4v) is 3.27. The molecule has 1 aliphatic heterocycles. The van der Waals surface area contributed by atoms with Crippen molar-refractivity contribution in [3.05, 3.63) is 0 Å². The van der Waals surface area contributed by atoms with E-state index in [1.165, 1.54) is 0 Å². The minimum absolute atomic E-state index is 0.0418. The molecule has 0 radical (unpaired) electrons. The van der Waals surface area contributed by atoms with Gasteiger partial charge in [-0.3, -0.25) is 9.59 Å². The number of hydrogen-bond donors (Lipinski definition) is 2. The number of aliphatic carboxylic acids is 1. The first-order valence-corrected chi connectivity index (χ1v) is 7.37. The molecule has 19 heavy (non-hydrogen) atoms. The summed E-state index contributed by atoms with van der Waals surface area (Å²) in [4.78, 5) is 25.7. The summed E-state index contributed by atoms with van der Waals surface area (Å²) < 4.78 is 0. The first-order valence-electron chi connectivity index (χ1n) is 7.37. The van der Waals surface area contributed by atoms with E-state index in [-0.39, 0.29) is 17.9 Å². The SMILES string of the molecule is CCN1CCC(NC(=O)C2CCCC2C(=O)O)CC1. The summed E-state index contributed by atoms with van der Waals surface area (Å²) in [5, 5.41) is 12.2. The standard InChI is InChI=1S/C14H24N2O3/c1-2-16-8-6-10(7-9-16)15-13(17)11-4-3-5-12(11)14(18)19/h10-12H,2-9H2,1H3,(H,15,17)(H,18,19). The van der Waals surface area contributed by atoms with Gasteiger partial charge in [0.25, 0.3) is 0 Å². The van der Waals surface area contributed by atoms with Crippen LogP contribution in [0.15, 0.2) is 0 Å². The number of carboxylic acid groups (broad SMARTS) is 1. The van der Waals surface area contributed by atoms with E-state index < -0.39 is 11.9 Å². The summed E-state index contributed by atoms with van der Waals surface area (Å²) in [5.74, 6) is -1.66. The molecule has 2 aliphatic rings. The molecule has 0 spiro atoms. The molecule has 108 valence electrons. The van der Waals surface area contributed by atoms with Crippen LogP contribution in [0.5, 0.6) is 0 Å². The highest BCUT2D eigenvalue weighted by atomic mass is 16.4. The van der Waals surface area contributed by atoms with Gasteiger partial charge in [-0.15, -0.1) is 0 Å². The van der Waals surface area contributed by atoms with Crippen LogP contribution in [0.3, 0.4) is 0 Å². The second kappa shape index (κ2) is 6.37. The Morgan fingerprint density at radius 2 is 1.79 bits per heavy atom. The van der Waals surface area contributed by atoms with E-state index >= 15 is 0 Å². The molecule has 0 bridgehead atoms. The van der Waals surface area contributed by atoms with Crippen LogP contribution in [0.4, 0.5) is 0 Å². The van der Waals surface area contributed by atoms with Crippen LogP contribution < -0.4 is 5.32 Å². The van der Waals surface area contributed by atoms with Crippen LogP contribution in [-0.4, -0.2) is 47.6 Å². The number of carboxylic acids is 1. The fourth-order valence-electron chi connectivity index (χ4n) is 3.27. The third-order valence-electron chi connectivity index (χ3n) is 4.55. The van der Waals surface area contributed by atoms with E-state index in [4.69, 9.17) is 5.11 Å². The normalized spacial score (nSPS) is 29.3. The third kappa shape index (κ3) is 3.47. The smallest absolute Gasteiger partial charge is 0.307 e. The molecule has 2 N–H and O–H groups in total. The van der Waals surface area contributed by atoms with Gasteiger partial charge in [0, 0.05) is 19.1 Å². The summed E-state index contributed by atoms with van der Waals surface area (Å²) in [7, 11) is 0. The molecule has 5 heteroatoms. The van der Waals surface area contributed by atoms with Crippen LogP contribution in [-0.2, 0) is 9.59 Å². The van der Waals surface area contributed by atoms with Crippen molar-refractivity contribution >= 4 is 11.9 Å². The van der Waals surface area contributed by atoms with Gasteiger partial charge in [0.05, 0.1) is 11.8 Å². The summed E-state index contributed by atoms with van der Waals surface area (Å²) in [5.41, 5.74) is 0. The van der Waals surface area contributed by atoms with Crippen molar-refractivity contribution in [2.24, 2.45) is 11.8 Å². The Morgan fingerprint density at radius 1 is 1.16 bits per heavy atom. The molecule has 2 rings (SSSR count). The third-order valence-corrected chi connectivity index (χ3v) is 4.55. The Hall–Kier alpha value is -1.10. The zero-order valence-electron chi connectivity index (χ0n) is 11.6. The van der Waals surface area contributed by atoms with Gasteiger partial charge in [-0.25, -0.2) is 0 Å².